The van der Waals surface area contributed by atoms with Crippen molar-refractivity contribution in [1.82, 2.24) is 10.6 Å². The molecule has 2 aromatic rings. The Morgan fingerprint density at radius 2 is 1.64 bits per heavy atom. The van der Waals surface area contributed by atoms with E-state index in [1.165, 1.54) is 0 Å². The Morgan fingerprint density at radius 3 is 2.29 bits per heavy atom. The predicted octanol–water partition coefficient (Wildman–Crippen LogP) is 3.07. The van der Waals surface area contributed by atoms with Crippen LogP contribution in [0.15, 0.2) is 60.7 Å². The lowest BCUT2D eigenvalue weighted by molar-refractivity contribution is -0.124. The molecule has 0 fully saturated rings. The molecule has 0 spiro atoms. The average molecular weight is 383 g/mol. The van der Waals surface area contributed by atoms with Gasteiger partial charge in [0.25, 0.3) is 0 Å². The fourth-order valence-corrected chi connectivity index (χ4v) is 2.75. The Morgan fingerprint density at radius 1 is 1.04 bits per heavy atom. The second-order valence-corrected chi connectivity index (χ2v) is 7.22. The van der Waals surface area contributed by atoms with Crippen LogP contribution in [0.1, 0.15) is 37.8 Å². The summed E-state index contributed by atoms with van der Waals surface area (Å²) in [6, 6.07) is 18.6. The van der Waals surface area contributed by atoms with Crippen LogP contribution < -0.4 is 16.4 Å². The van der Waals surface area contributed by atoms with E-state index in [2.05, 4.69) is 10.6 Å². The number of benzene rings is 2. The maximum atomic E-state index is 12.4. The smallest absolute Gasteiger partial charge is 0.407 e. The summed E-state index contributed by atoms with van der Waals surface area (Å²) in [7, 11) is 0. The standard InChI is InChI=1S/C22H29N3O3/c1-22(2,18-12-7-4-8-13-18)25-20(26)19(23)14-9-15-24-21(27)28-16-17-10-5-3-6-11-17/h3-8,10-13,19H,9,14-16,23H2,1-2H3,(H,24,27)(H,25,26)/t19-/m1/s1. The maximum Gasteiger partial charge on any atom is 0.407 e. The fourth-order valence-electron chi connectivity index (χ4n) is 2.75. The number of alkyl carbamates (subject to hydrolysis) is 1. The van der Waals surface area contributed by atoms with Crippen molar-refractivity contribution < 1.29 is 14.3 Å². The number of nitrogens with one attached hydrogen (secondary N) is 2. The van der Waals surface area contributed by atoms with E-state index in [0.29, 0.717) is 19.4 Å². The summed E-state index contributed by atoms with van der Waals surface area (Å²) < 4.78 is 5.14. The number of hydrogen-bond acceptors (Lipinski definition) is 4. The minimum Gasteiger partial charge on any atom is -0.445 e. The molecule has 0 unspecified atom stereocenters. The molecule has 2 rings (SSSR count). The first-order valence-electron chi connectivity index (χ1n) is 9.46. The van der Waals surface area contributed by atoms with Crippen LogP contribution in [0.2, 0.25) is 0 Å². The van der Waals surface area contributed by atoms with Gasteiger partial charge in [-0.3, -0.25) is 4.79 Å². The third-order valence-corrected chi connectivity index (χ3v) is 4.44. The number of ether oxygens (including phenoxy) is 1. The molecule has 0 heterocycles. The van der Waals surface area contributed by atoms with Crippen molar-refractivity contribution in [2.75, 3.05) is 6.54 Å². The van der Waals surface area contributed by atoms with E-state index in [-0.39, 0.29) is 12.5 Å². The van der Waals surface area contributed by atoms with Crippen molar-refractivity contribution in [2.45, 2.75) is 44.9 Å². The molecule has 28 heavy (non-hydrogen) atoms. The van der Waals surface area contributed by atoms with Gasteiger partial charge in [-0.25, -0.2) is 4.79 Å². The first-order chi connectivity index (χ1) is 13.4. The molecule has 0 radical (unpaired) electrons. The first-order valence-corrected chi connectivity index (χ1v) is 9.46. The molecule has 6 nitrogen and oxygen atoms in total. The van der Waals surface area contributed by atoms with Gasteiger partial charge in [0.15, 0.2) is 0 Å². The molecule has 4 N–H and O–H groups in total. The molecule has 2 aromatic carbocycles. The lowest BCUT2D eigenvalue weighted by Crippen LogP contribution is -2.49. The minimum absolute atomic E-state index is 0.208. The van der Waals surface area contributed by atoms with Crippen molar-refractivity contribution >= 4 is 12.0 Å². The summed E-state index contributed by atoms with van der Waals surface area (Å²) in [6.07, 6.45) is 0.572. The zero-order valence-corrected chi connectivity index (χ0v) is 16.5. The molecule has 0 aliphatic heterocycles. The van der Waals surface area contributed by atoms with E-state index in [4.69, 9.17) is 10.5 Å². The molecule has 0 saturated heterocycles. The molecule has 150 valence electrons. The van der Waals surface area contributed by atoms with Gasteiger partial charge < -0.3 is 21.1 Å². The van der Waals surface area contributed by atoms with E-state index in [1.54, 1.807) is 0 Å². The van der Waals surface area contributed by atoms with Crippen LogP contribution >= 0.6 is 0 Å². The van der Waals surface area contributed by atoms with Gasteiger partial charge in [0, 0.05) is 6.54 Å². The number of carbonyl (C=O) groups excluding carboxylic acids is 2. The Labute approximate surface area is 166 Å². The molecule has 0 aliphatic carbocycles. The van der Waals surface area contributed by atoms with E-state index in [1.807, 2.05) is 74.5 Å². The lowest BCUT2D eigenvalue weighted by atomic mass is 9.93. The highest BCUT2D eigenvalue weighted by molar-refractivity contribution is 5.82. The summed E-state index contributed by atoms with van der Waals surface area (Å²) >= 11 is 0. The van der Waals surface area contributed by atoms with Gasteiger partial charge in [-0.2, -0.15) is 0 Å². The van der Waals surface area contributed by atoms with E-state index in [0.717, 1.165) is 11.1 Å². The summed E-state index contributed by atoms with van der Waals surface area (Å²) in [6.45, 7) is 4.51. The summed E-state index contributed by atoms with van der Waals surface area (Å²) in [5, 5.41) is 5.66. The predicted molar refractivity (Wildman–Crippen MR) is 109 cm³/mol. The second-order valence-electron chi connectivity index (χ2n) is 7.22. The fraction of sp³-hybridized carbons (Fsp3) is 0.364. The zero-order valence-electron chi connectivity index (χ0n) is 16.5. The molecule has 2 amide bonds. The summed E-state index contributed by atoms with van der Waals surface area (Å²) in [4.78, 5) is 24.1. The quantitative estimate of drug-likeness (QED) is 0.580. The van der Waals surface area contributed by atoms with Crippen LogP contribution in [0.4, 0.5) is 4.79 Å². The van der Waals surface area contributed by atoms with Gasteiger partial charge in [0.1, 0.15) is 6.61 Å². The van der Waals surface area contributed by atoms with Gasteiger partial charge in [-0.15, -0.1) is 0 Å². The van der Waals surface area contributed by atoms with Gasteiger partial charge in [0.2, 0.25) is 5.91 Å². The van der Waals surface area contributed by atoms with Gasteiger partial charge in [-0.05, 0) is 37.8 Å². The summed E-state index contributed by atoms with van der Waals surface area (Å²) in [5.41, 5.74) is 7.43. The van der Waals surface area contributed by atoms with Crippen LogP contribution in [-0.2, 0) is 21.7 Å². The molecule has 1 atom stereocenters. The van der Waals surface area contributed by atoms with Crippen molar-refractivity contribution in [2.24, 2.45) is 5.73 Å². The van der Waals surface area contributed by atoms with Crippen LogP contribution in [0.5, 0.6) is 0 Å². The molecule has 6 heteroatoms. The highest BCUT2D eigenvalue weighted by Gasteiger charge is 2.25. The van der Waals surface area contributed by atoms with E-state index < -0.39 is 17.7 Å². The van der Waals surface area contributed by atoms with Crippen molar-refractivity contribution in [3.63, 3.8) is 0 Å². The first kappa shape index (κ1) is 21.4. The molecule has 0 bridgehead atoms. The second kappa shape index (κ2) is 10.5. The Hall–Kier alpha value is -2.86. The normalized spacial score (nSPS) is 12.1. The molecular weight excluding hydrogens is 354 g/mol. The highest BCUT2D eigenvalue weighted by atomic mass is 16.5. The van der Waals surface area contributed by atoms with Crippen LogP contribution in [0.3, 0.4) is 0 Å². The topological polar surface area (TPSA) is 93.5 Å². The number of amides is 2. The molecule has 0 saturated carbocycles. The number of rotatable bonds is 9. The lowest BCUT2D eigenvalue weighted by Gasteiger charge is -2.28. The van der Waals surface area contributed by atoms with Gasteiger partial charge >= 0.3 is 6.09 Å². The highest BCUT2D eigenvalue weighted by Crippen LogP contribution is 2.19. The number of carbonyl (C=O) groups is 2. The maximum absolute atomic E-state index is 12.4. The third kappa shape index (κ3) is 7.04. The molecule has 0 aliphatic rings. The third-order valence-electron chi connectivity index (χ3n) is 4.44. The van der Waals surface area contributed by atoms with Crippen molar-refractivity contribution in [3.05, 3.63) is 71.8 Å². The van der Waals surface area contributed by atoms with Gasteiger partial charge in [0.05, 0.1) is 11.6 Å². The van der Waals surface area contributed by atoms with E-state index in [9.17, 15) is 9.59 Å². The van der Waals surface area contributed by atoms with Crippen LogP contribution in [0.25, 0.3) is 0 Å². The zero-order chi connectivity index (χ0) is 20.4. The molecule has 0 aromatic heterocycles. The SMILES string of the molecule is CC(C)(NC(=O)[C@H](N)CCCNC(=O)OCc1ccccc1)c1ccccc1. The van der Waals surface area contributed by atoms with E-state index >= 15 is 0 Å². The van der Waals surface area contributed by atoms with Crippen molar-refractivity contribution in [1.29, 1.82) is 0 Å². The number of hydrogen-bond donors (Lipinski definition) is 3. The van der Waals surface area contributed by atoms with Crippen LogP contribution in [0, 0.1) is 0 Å². The van der Waals surface area contributed by atoms with Crippen molar-refractivity contribution in [3.8, 4) is 0 Å². The van der Waals surface area contributed by atoms with Gasteiger partial charge in [-0.1, -0.05) is 60.7 Å². The minimum atomic E-state index is -0.634. The Kier molecular flexibility index (Phi) is 8.02. The largest absolute Gasteiger partial charge is 0.445 e. The number of nitrogens with two attached hydrogens (primary N) is 1. The Bertz CT molecular complexity index is 748. The van der Waals surface area contributed by atoms with Crippen LogP contribution in [-0.4, -0.2) is 24.6 Å². The Balaban J connectivity index is 1.65. The molecular formula is C22H29N3O3. The average Bonchev–Trinajstić information content (AvgIpc) is 2.70. The monoisotopic (exact) mass is 383 g/mol. The summed E-state index contributed by atoms with van der Waals surface area (Å²) in [5.74, 6) is -0.208.